The monoisotopic (exact) mass is 498 g/mol. The third kappa shape index (κ3) is 6.74. The van der Waals surface area contributed by atoms with E-state index in [0.717, 1.165) is 21.9 Å². The van der Waals surface area contributed by atoms with E-state index >= 15 is 0 Å². The average Bonchev–Trinajstić information content (AvgIpc) is 2.78. The molecule has 0 heterocycles. The largest absolute Gasteiger partial charge is 0.350 e. The summed E-state index contributed by atoms with van der Waals surface area (Å²) in [5, 5.41) is 6.20. The lowest BCUT2D eigenvalue weighted by atomic mass is 10.00. The first-order chi connectivity index (χ1) is 16.1. The zero-order valence-electron chi connectivity index (χ0n) is 20.2. The van der Waals surface area contributed by atoms with E-state index < -0.39 is 11.6 Å². The van der Waals surface area contributed by atoms with Gasteiger partial charge in [0.1, 0.15) is 6.04 Å². The summed E-state index contributed by atoms with van der Waals surface area (Å²) in [7, 11) is 0. The molecule has 1 N–H and O–H groups in total. The Hall–Kier alpha value is -2.56. The zero-order chi connectivity index (χ0) is 24.9. The van der Waals surface area contributed by atoms with Gasteiger partial charge in [-0.3, -0.25) is 9.59 Å². The van der Waals surface area contributed by atoms with Gasteiger partial charge in [-0.1, -0.05) is 78.7 Å². The number of amides is 2. The maximum absolute atomic E-state index is 13.6. The van der Waals surface area contributed by atoms with Crippen LogP contribution in [0, 0.1) is 0 Å². The van der Waals surface area contributed by atoms with Gasteiger partial charge in [-0.15, -0.1) is 0 Å². The van der Waals surface area contributed by atoms with Gasteiger partial charge in [0.2, 0.25) is 11.8 Å². The van der Waals surface area contributed by atoms with E-state index in [1.54, 1.807) is 17.0 Å². The fraction of sp³-hybridized carbons (Fsp3) is 0.357. The normalized spacial score (nSPS) is 12.4. The molecule has 1 atom stereocenters. The van der Waals surface area contributed by atoms with Crippen molar-refractivity contribution in [3.05, 3.63) is 81.8 Å². The predicted molar refractivity (Wildman–Crippen MR) is 141 cm³/mol. The number of benzene rings is 3. The second-order valence-corrected chi connectivity index (χ2v) is 10.4. The molecule has 6 heteroatoms. The second kappa shape index (κ2) is 11.2. The van der Waals surface area contributed by atoms with Crippen molar-refractivity contribution in [3.63, 3.8) is 0 Å². The van der Waals surface area contributed by atoms with E-state index in [1.165, 1.54) is 0 Å². The molecule has 0 aliphatic carbocycles. The summed E-state index contributed by atoms with van der Waals surface area (Å²) in [4.78, 5) is 28.4. The van der Waals surface area contributed by atoms with Crippen LogP contribution in [-0.4, -0.2) is 28.3 Å². The molecule has 3 aromatic rings. The van der Waals surface area contributed by atoms with Crippen molar-refractivity contribution in [2.75, 3.05) is 0 Å². The molecule has 3 rings (SSSR count). The summed E-state index contributed by atoms with van der Waals surface area (Å²) in [5.74, 6) is -0.233. The fourth-order valence-corrected chi connectivity index (χ4v) is 4.42. The molecule has 0 spiro atoms. The molecule has 0 fully saturated rings. The summed E-state index contributed by atoms with van der Waals surface area (Å²) in [5.41, 5.74) is 1.55. The van der Waals surface area contributed by atoms with Crippen molar-refractivity contribution in [3.8, 4) is 0 Å². The summed E-state index contributed by atoms with van der Waals surface area (Å²) in [6.45, 7) is 8.00. The molecule has 180 valence electrons. The predicted octanol–water partition coefficient (Wildman–Crippen LogP) is 6.80. The van der Waals surface area contributed by atoms with Crippen molar-refractivity contribution >= 4 is 45.8 Å². The molecule has 0 saturated heterocycles. The van der Waals surface area contributed by atoms with Crippen molar-refractivity contribution in [2.24, 2.45) is 0 Å². The minimum Gasteiger partial charge on any atom is -0.350 e. The van der Waals surface area contributed by atoms with E-state index in [0.29, 0.717) is 29.3 Å². The molecule has 34 heavy (non-hydrogen) atoms. The van der Waals surface area contributed by atoms with Gasteiger partial charge in [0.25, 0.3) is 0 Å². The fourth-order valence-electron chi connectivity index (χ4n) is 4.10. The highest BCUT2D eigenvalue weighted by atomic mass is 35.5. The van der Waals surface area contributed by atoms with Crippen LogP contribution in [0.3, 0.4) is 0 Å². The molecule has 1 unspecified atom stereocenters. The van der Waals surface area contributed by atoms with Gasteiger partial charge in [0.15, 0.2) is 0 Å². The van der Waals surface area contributed by atoms with E-state index in [4.69, 9.17) is 23.2 Å². The number of hydrogen-bond acceptors (Lipinski definition) is 2. The first-order valence-electron chi connectivity index (χ1n) is 11.6. The van der Waals surface area contributed by atoms with Crippen molar-refractivity contribution in [1.29, 1.82) is 0 Å². The van der Waals surface area contributed by atoms with Crippen LogP contribution in [0.25, 0.3) is 10.8 Å². The molecule has 0 aliphatic rings. The van der Waals surface area contributed by atoms with Crippen LogP contribution in [0.4, 0.5) is 0 Å². The minimum atomic E-state index is -0.589. The lowest BCUT2D eigenvalue weighted by Crippen LogP contribution is -2.53. The number of carbonyl (C=O) groups excluding carboxylic acids is 2. The molecule has 0 aliphatic heterocycles. The smallest absolute Gasteiger partial charge is 0.243 e. The summed E-state index contributed by atoms with van der Waals surface area (Å²) in [6, 6.07) is 19.0. The molecule has 2 amide bonds. The molecule has 0 radical (unpaired) electrons. The zero-order valence-corrected chi connectivity index (χ0v) is 21.7. The van der Waals surface area contributed by atoms with Gasteiger partial charge < -0.3 is 10.2 Å². The molecule has 0 saturated carbocycles. The summed E-state index contributed by atoms with van der Waals surface area (Å²) < 4.78 is 0. The van der Waals surface area contributed by atoms with E-state index in [2.05, 4.69) is 29.6 Å². The van der Waals surface area contributed by atoms with Crippen molar-refractivity contribution in [2.45, 2.75) is 65.1 Å². The number of halogens is 2. The Morgan fingerprint density at radius 3 is 2.35 bits per heavy atom. The second-order valence-electron chi connectivity index (χ2n) is 9.57. The van der Waals surface area contributed by atoms with Crippen molar-refractivity contribution in [1.82, 2.24) is 10.2 Å². The van der Waals surface area contributed by atoms with Crippen LogP contribution in [0.5, 0.6) is 0 Å². The Kier molecular flexibility index (Phi) is 8.62. The number of carbonyl (C=O) groups is 2. The van der Waals surface area contributed by atoms with Crippen molar-refractivity contribution < 1.29 is 9.59 Å². The highest BCUT2D eigenvalue weighted by molar-refractivity contribution is 6.42. The molecular weight excluding hydrogens is 467 g/mol. The third-order valence-corrected chi connectivity index (χ3v) is 6.45. The Morgan fingerprint density at radius 2 is 1.68 bits per heavy atom. The number of hydrogen-bond donors (Lipinski definition) is 1. The van der Waals surface area contributed by atoms with Gasteiger partial charge in [-0.25, -0.2) is 0 Å². The molecule has 4 nitrogen and oxygen atoms in total. The van der Waals surface area contributed by atoms with E-state index in [-0.39, 0.29) is 18.4 Å². The van der Waals surface area contributed by atoms with E-state index in [9.17, 15) is 9.59 Å². The highest BCUT2D eigenvalue weighted by Gasteiger charge is 2.30. The number of fused-ring (bicyclic) bond motifs is 1. The van der Waals surface area contributed by atoms with Crippen LogP contribution >= 0.6 is 23.2 Å². The van der Waals surface area contributed by atoms with Crippen LogP contribution < -0.4 is 5.32 Å². The summed E-state index contributed by atoms with van der Waals surface area (Å²) in [6.07, 6.45) is 1.40. The molecule has 3 aromatic carbocycles. The number of nitrogens with zero attached hydrogens (tertiary/aromatic N) is 1. The topological polar surface area (TPSA) is 49.4 Å². The van der Waals surface area contributed by atoms with E-state index in [1.807, 2.05) is 52.0 Å². The van der Waals surface area contributed by atoms with Crippen LogP contribution in [-0.2, 0) is 22.6 Å². The lowest BCUT2D eigenvalue weighted by molar-refractivity contribution is -0.142. The van der Waals surface area contributed by atoms with Gasteiger partial charge >= 0.3 is 0 Å². The van der Waals surface area contributed by atoms with Gasteiger partial charge in [-0.05, 0) is 67.6 Å². The quantitative estimate of drug-likeness (QED) is 0.371. The minimum absolute atomic E-state index is 0.0742. The van der Waals surface area contributed by atoms with Crippen LogP contribution in [0.15, 0.2) is 60.7 Å². The number of aryl methyl sites for hydroxylation is 1. The average molecular weight is 499 g/mol. The van der Waals surface area contributed by atoms with Crippen LogP contribution in [0.2, 0.25) is 10.0 Å². The molecular formula is C28H32Cl2N2O2. The Labute approximate surface area is 212 Å². The maximum atomic E-state index is 13.6. The SMILES string of the molecule is CCC(C(=O)NC(C)(C)C)N(Cc1ccc(Cl)c(Cl)c1)C(=O)CCc1cccc2ccccc12. The van der Waals surface area contributed by atoms with Gasteiger partial charge in [0.05, 0.1) is 10.0 Å². The summed E-state index contributed by atoms with van der Waals surface area (Å²) >= 11 is 12.3. The standard InChI is InChI=1S/C28H32Cl2N2O2/c1-5-25(27(34)31-28(2,3)4)32(18-19-13-15-23(29)24(30)17-19)26(33)16-14-21-11-8-10-20-9-6-7-12-22(20)21/h6-13,15,17,25H,5,14,16,18H2,1-4H3,(H,31,34). The molecule has 0 aromatic heterocycles. The number of rotatable bonds is 8. The third-order valence-electron chi connectivity index (χ3n) is 5.71. The first-order valence-corrected chi connectivity index (χ1v) is 12.4. The van der Waals surface area contributed by atoms with Crippen LogP contribution in [0.1, 0.15) is 51.7 Å². The maximum Gasteiger partial charge on any atom is 0.243 e. The highest BCUT2D eigenvalue weighted by Crippen LogP contribution is 2.25. The van der Waals surface area contributed by atoms with Gasteiger partial charge in [-0.2, -0.15) is 0 Å². The Balaban J connectivity index is 1.86. The first kappa shape index (κ1) is 26.1. The Bertz CT molecular complexity index is 1170. The number of nitrogens with one attached hydrogen (secondary N) is 1. The van der Waals surface area contributed by atoms with Gasteiger partial charge in [0, 0.05) is 18.5 Å². The Morgan fingerprint density at radius 1 is 0.971 bits per heavy atom. The molecule has 0 bridgehead atoms. The lowest BCUT2D eigenvalue weighted by Gasteiger charge is -2.33.